The van der Waals surface area contributed by atoms with E-state index in [1.807, 2.05) is 25.1 Å². The number of para-hydroxylation sites is 1. The number of hydrogen-bond acceptors (Lipinski definition) is 6. The Kier molecular flexibility index (Phi) is 3.65. The van der Waals surface area contributed by atoms with E-state index in [2.05, 4.69) is 4.98 Å². The van der Waals surface area contributed by atoms with E-state index in [1.54, 1.807) is 29.7 Å². The molecule has 3 heterocycles. The molecule has 4 aromatic rings. The minimum absolute atomic E-state index is 0.321. The third kappa shape index (κ3) is 2.53. The first kappa shape index (κ1) is 15.6. The zero-order valence-corrected chi connectivity index (χ0v) is 14.4. The first-order valence-corrected chi connectivity index (χ1v) is 8.59. The van der Waals surface area contributed by atoms with E-state index in [0.717, 1.165) is 11.1 Å². The van der Waals surface area contributed by atoms with Crippen molar-refractivity contribution in [2.45, 2.75) is 13.8 Å². The van der Waals surface area contributed by atoms with Gasteiger partial charge in [0.1, 0.15) is 10.5 Å². The molecule has 0 aliphatic carbocycles. The number of fused-ring (bicyclic) bond motifs is 2. The number of aryl methyl sites for hydroxylation is 1. The van der Waals surface area contributed by atoms with Gasteiger partial charge in [-0.15, -0.1) is 0 Å². The highest BCUT2D eigenvalue weighted by Crippen LogP contribution is 2.27. The normalized spacial score (nSPS) is 11.3. The van der Waals surface area contributed by atoms with E-state index in [4.69, 9.17) is 9.15 Å². The summed E-state index contributed by atoms with van der Waals surface area (Å²) in [4.78, 5) is 29.9. The molecule has 4 rings (SSSR count). The zero-order chi connectivity index (χ0) is 17.6. The lowest BCUT2D eigenvalue weighted by molar-refractivity contribution is 0.0531. The first-order chi connectivity index (χ1) is 12.1. The van der Waals surface area contributed by atoms with Gasteiger partial charge in [-0.1, -0.05) is 29.5 Å². The second-order valence-electron chi connectivity index (χ2n) is 5.50. The van der Waals surface area contributed by atoms with Crippen molar-refractivity contribution >= 4 is 33.2 Å². The summed E-state index contributed by atoms with van der Waals surface area (Å²) in [6, 6.07) is 9.10. The van der Waals surface area contributed by atoms with Crippen LogP contribution in [0.2, 0.25) is 0 Å². The second kappa shape index (κ2) is 5.86. The van der Waals surface area contributed by atoms with Crippen molar-refractivity contribution in [3.05, 3.63) is 57.5 Å². The van der Waals surface area contributed by atoms with Crippen LogP contribution >= 0.6 is 11.3 Å². The van der Waals surface area contributed by atoms with Crippen LogP contribution in [-0.4, -0.2) is 22.0 Å². The molecule has 0 saturated carbocycles. The Hall–Kier alpha value is -2.93. The third-order valence-electron chi connectivity index (χ3n) is 3.94. The molecule has 0 saturated heterocycles. The molecule has 0 fully saturated rings. The minimum Gasteiger partial charge on any atom is -0.462 e. The Labute approximate surface area is 146 Å². The average molecular weight is 354 g/mol. The molecule has 126 valence electrons. The molecule has 0 bridgehead atoms. The van der Waals surface area contributed by atoms with E-state index in [-0.39, 0.29) is 5.97 Å². The molecule has 0 amide bonds. The summed E-state index contributed by atoms with van der Waals surface area (Å²) in [5, 5.41) is 0.831. The van der Waals surface area contributed by atoms with Gasteiger partial charge < -0.3 is 9.15 Å². The quantitative estimate of drug-likeness (QED) is 0.415. The predicted molar refractivity (Wildman–Crippen MR) is 95.2 cm³/mol. The lowest BCUT2D eigenvalue weighted by Gasteiger charge is -2.00. The highest BCUT2D eigenvalue weighted by Gasteiger charge is 2.20. The molecular weight excluding hydrogens is 340 g/mol. The van der Waals surface area contributed by atoms with E-state index in [1.165, 1.54) is 11.3 Å². The Balaban J connectivity index is 1.84. The van der Waals surface area contributed by atoms with Crippen LogP contribution in [0.5, 0.6) is 0 Å². The monoisotopic (exact) mass is 354 g/mol. The molecule has 0 aliphatic heterocycles. The van der Waals surface area contributed by atoms with Crippen LogP contribution in [0.15, 0.2) is 45.7 Å². The number of nitrogens with zero attached hydrogens (tertiary/aromatic N) is 2. The van der Waals surface area contributed by atoms with Crippen LogP contribution in [-0.2, 0) is 4.74 Å². The summed E-state index contributed by atoms with van der Waals surface area (Å²) in [5.41, 5.74) is 1.75. The number of aromatic nitrogens is 2. The van der Waals surface area contributed by atoms with Gasteiger partial charge in [0.05, 0.1) is 17.9 Å². The van der Waals surface area contributed by atoms with Crippen LogP contribution in [0.1, 0.15) is 22.3 Å². The lowest BCUT2D eigenvalue weighted by atomic mass is 10.1. The van der Waals surface area contributed by atoms with Gasteiger partial charge in [-0.25, -0.2) is 14.6 Å². The SMILES string of the molecule is CCOC(=O)c1sc2nc(-c3cc4ccccc4oc3=O)cn2c1C. The Morgan fingerprint density at radius 3 is 2.92 bits per heavy atom. The fraction of sp³-hybridized carbons (Fsp3) is 0.167. The molecule has 0 spiro atoms. The van der Waals surface area contributed by atoms with Crippen LogP contribution in [0.4, 0.5) is 0 Å². The van der Waals surface area contributed by atoms with E-state index in [9.17, 15) is 9.59 Å². The largest absolute Gasteiger partial charge is 0.462 e. The molecule has 6 nitrogen and oxygen atoms in total. The molecule has 0 radical (unpaired) electrons. The molecule has 25 heavy (non-hydrogen) atoms. The molecular formula is C18H14N2O4S. The Bertz CT molecular complexity index is 1170. The maximum Gasteiger partial charge on any atom is 0.350 e. The van der Waals surface area contributed by atoms with Gasteiger partial charge in [0.25, 0.3) is 0 Å². The fourth-order valence-electron chi connectivity index (χ4n) is 2.71. The van der Waals surface area contributed by atoms with Crippen LogP contribution in [0, 0.1) is 6.92 Å². The molecule has 0 aliphatic rings. The standard InChI is InChI=1S/C18H14N2O4S/c1-3-23-17(22)15-10(2)20-9-13(19-18(20)25-15)12-8-11-6-4-5-7-14(11)24-16(12)21/h4-9H,3H2,1-2H3. The molecule has 0 unspecified atom stereocenters. The molecule has 1 aromatic carbocycles. The number of esters is 1. The van der Waals surface area contributed by atoms with Crippen molar-refractivity contribution < 1.29 is 13.9 Å². The number of imidazole rings is 1. The summed E-state index contributed by atoms with van der Waals surface area (Å²) < 4.78 is 12.2. The van der Waals surface area contributed by atoms with Gasteiger partial charge in [-0.05, 0) is 26.0 Å². The van der Waals surface area contributed by atoms with Crippen molar-refractivity contribution in [2.75, 3.05) is 6.61 Å². The maximum absolute atomic E-state index is 12.3. The molecule has 3 aromatic heterocycles. The summed E-state index contributed by atoms with van der Waals surface area (Å²) in [5.74, 6) is -0.359. The second-order valence-corrected chi connectivity index (χ2v) is 6.48. The zero-order valence-electron chi connectivity index (χ0n) is 13.6. The first-order valence-electron chi connectivity index (χ1n) is 7.77. The third-order valence-corrected chi connectivity index (χ3v) is 5.07. The van der Waals surface area contributed by atoms with Gasteiger partial charge in [-0.3, -0.25) is 4.40 Å². The van der Waals surface area contributed by atoms with Gasteiger partial charge in [0.2, 0.25) is 0 Å². The van der Waals surface area contributed by atoms with Crippen LogP contribution in [0.3, 0.4) is 0 Å². The van der Waals surface area contributed by atoms with Crippen LogP contribution in [0.25, 0.3) is 27.2 Å². The summed E-state index contributed by atoms with van der Waals surface area (Å²) in [7, 11) is 0. The van der Waals surface area contributed by atoms with Gasteiger partial charge in [0, 0.05) is 17.3 Å². The lowest BCUT2D eigenvalue weighted by Crippen LogP contribution is -2.05. The summed E-state index contributed by atoms with van der Waals surface area (Å²) in [6.07, 6.45) is 1.74. The maximum atomic E-state index is 12.3. The number of carbonyl (C=O) groups is 1. The highest BCUT2D eigenvalue weighted by molar-refractivity contribution is 7.19. The van der Waals surface area contributed by atoms with Crippen molar-refractivity contribution in [1.29, 1.82) is 0 Å². The fourth-order valence-corrected chi connectivity index (χ4v) is 3.71. The van der Waals surface area contributed by atoms with Crippen molar-refractivity contribution in [2.24, 2.45) is 0 Å². The van der Waals surface area contributed by atoms with Gasteiger partial charge in [-0.2, -0.15) is 0 Å². The number of carbonyl (C=O) groups excluding carboxylic acids is 1. The van der Waals surface area contributed by atoms with E-state index in [0.29, 0.717) is 33.3 Å². The topological polar surface area (TPSA) is 73.8 Å². The van der Waals surface area contributed by atoms with E-state index < -0.39 is 5.63 Å². The Morgan fingerprint density at radius 1 is 1.36 bits per heavy atom. The van der Waals surface area contributed by atoms with E-state index >= 15 is 0 Å². The number of hydrogen-bond donors (Lipinski definition) is 0. The molecule has 0 N–H and O–H groups in total. The van der Waals surface area contributed by atoms with Gasteiger partial charge in [0.15, 0.2) is 4.96 Å². The minimum atomic E-state index is -0.437. The van der Waals surface area contributed by atoms with Crippen LogP contribution < -0.4 is 5.63 Å². The summed E-state index contributed by atoms with van der Waals surface area (Å²) in [6.45, 7) is 3.91. The molecule has 0 atom stereocenters. The predicted octanol–water partition coefficient (Wildman–Crippen LogP) is 3.65. The van der Waals surface area contributed by atoms with Crippen molar-refractivity contribution in [3.63, 3.8) is 0 Å². The van der Waals surface area contributed by atoms with Gasteiger partial charge >= 0.3 is 11.6 Å². The number of thiazole rings is 1. The summed E-state index contributed by atoms with van der Waals surface area (Å²) >= 11 is 1.24. The average Bonchev–Trinajstić information content (AvgIpc) is 3.14. The number of rotatable bonds is 3. The Morgan fingerprint density at radius 2 is 2.16 bits per heavy atom. The van der Waals surface area contributed by atoms with Crippen molar-refractivity contribution in [1.82, 2.24) is 9.38 Å². The highest BCUT2D eigenvalue weighted by atomic mass is 32.1. The molecule has 7 heteroatoms. The number of ether oxygens (including phenoxy) is 1. The number of benzene rings is 1. The smallest absolute Gasteiger partial charge is 0.350 e. The van der Waals surface area contributed by atoms with Crippen molar-refractivity contribution in [3.8, 4) is 11.3 Å².